The molecule has 0 aliphatic carbocycles. The Morgan fingerprint density at radius 2 is 1.86 bits per heavy atom. The number of rotatable bonds is 6. The molecule has 0 bridgehead atoms. The molecule has 0 saturated carbocycles. The maximum Gasteiger partial charge on any atom is 0.249 e. The normalized spacial score (nSPS) is 12.4. The predicted octanol–water partition coefficient (Wildman–Crippen LogP) is 3.65. The third kappa shape index (κ3) is 4.67. The summed E-state index contributed by atoms with van der Waals surface area (Å²) in [6.45, 7) is 1.50. The summed E-state index contributed by atoms with van der Waals surface area (Å²) < 4.78 is 25.6. The lowest BCUT2D eigenvalue weighted by molar-refractivity contribution is -0.116. The van der Waals surface area contributed by atoms with E-state index in [-0.39, 0.29) is 5.13 Å². The van der Waals surface area contributed by atoms with Gasteiger partial charge in [0.25, 0.3) is 0 Å². The average Bonchev–Trinajstić information content (AvgIpc) is 3.10. The summed E-state index contributed by atoms with van der Waals surface area (Å²) >= 11 is 7.18. The van der Waals surface area contributed by atoms with Crippen LogP contribution in [0.4, 0.5) is 10.8 Å². The monoisotopic (exact) mass is 436 g/mol. The SMILES string of the molecule is CC(C(=O)Nc1nnc(-c2ccccc2)s1)N(c1cccc(Cl)c1)S(C)(=O)=O. The Bertz CT molecular complexity index is 1090. The molecule has 0 aliphatic rings. The molecule has 0 radical (unpaired) electrons. The van der Waals surface area contributed by atoms with Crippen LogP contribution < -0.4 is 9.62 Å². The van der Waals surface area contributed by atoms with E-state index in [0.717, 1.165) is 16.1 Å². The van der Waals surface area contributed by atoms with Crippen LogP contribution in [0.15, 0.2) is 54.6 Å². The van der Waals surface area contributed by atoms with Crippen molar-refractivity contribution in [2.75, 3.05) is 15.9 Å². The van der Waals surface area contributed by atoms with E-state index < -0.39 is 22.0 Å². The van der Waals surface area contributed by atoms with Crippen molar-refractivity contribution < 1.29 is 13.2 Å². The molecule has 1 heterocycles. The van der Waals surface area contributed by atoms with E-state index in [0.29, 0.717) is 15.7 Å². The van der Waals surface area contributed by atoms with Gasteiger partial charge in [-0.2, -0.15) is 0 Å². The lowest BCUT2D eigenvalue weighted by Gasteiger charge is -2.27. The fraction of sp³-hybridized carbons (Fsp3) is 0.167. The largest absolute Gasteiger partial charge is 0.299 e. The Kier molecular flexibility index (Phi) is 5.97. The number of anilines is 2. The number of hydrogen-bond donors (Lipinski definition) is 1. The smallest absolute Gasteiger partial charge is 0.249 e. The highest BCUT2D eigenvalue weighted by atomic mass is 35.5. The third-order valence-electron chi connectivity index (χ3n) is 3.83. The van der Waals surface area contributed by atoms with Crippen LogP contribution in [0.5, 0.6) is 0 Å². The second-order valence-electron chi connectivity index (χ2n) is 5.98. The highest BCUT2D eigenvalue weighted by Crippen LogP contribution is 2.27. The summed E-state index contributed by atoms with van der Waals surface area (Å²) in [5, 5.41) is 12.0. The fourth-order valence-electron chi connectivity index (χ4n) is 2.60. The number of sulfonamides is 1. The first kappa shape index (κ1) is 20.2. The van der Waals surface area contributed by atoms with E-state index in [4.69, 9.17) is 11.6 Å². The van der Waals surface area contributed by atoms with Crippen molar-refractivity contribution in [1.29, 1.82) is 0 Å². The predicted molar refractivity (Wildman–Crippen MR) is 112 cm³/mol. The molecule has 3 rings (SSSR count). The fourth-order valence-corrected chi connectivity index (χ4v) is 4.71. The van der Waals surface area contributed by atoms with E-state index in [2.05, 4.69) is 15.5 Å². The zero-order chi connectivity index (χ0) is 20.3. The lowest BCUT2D eigenvalue weighted by Crippen LogP contribution is -2.45. The lowest BCUT2D eigenvalue weighted by atomic mass is 10.2. The van der Waals surface area contributed by atoms with Crippen LogP contribution in [-0.2, 0) is 14.8 Å². The molecule has 0 spiro atoms. The maximum atomic E-state index is 12.7. The van der Waals surface area contributed by atoms with Gasteiger partial charge in [-0.25, -0.2) is 8.42 Å². The van der Waals surface area contributed by atoms with Crippen LogP contribution in [0.1, 0.15) is 6.92 Å². The van der Waals surface area contributed by atoms with Gasteiger partial charge in [-0.3, -0.25) is 14.4 Å². The Hall–Kier alpha value is -2.49. The zero-order valence-electron chi connectivity index (χ0n) is 15.0. The van der Waals surface area contributed by atoms with Crippen LogP contribution in [0.2, 0.25) is 5.02 Å². The molecular formula is C18H17ClN4O3S2. The summed E-state index contributed by atoms with van der Waals surface area (Å²) in [5.74, 6) is -0.527. The van der Waals surface area contributed by atoms with Crippen molar-refractivity contribution >= 4 is 49.7 Å². The molecule has 146 valence electrons. The summed E-state index contributed by atoms with van der Waals surface area (Å²) in [7, 11) is -3.73. The Morgan fingerprint density at radius 3 is 2.50 bits per heavy atom. The summed E-state index contributed by atoms with van der Waals surface area (Å²) in [6, 6.07) is 14.7. The second kappa shape index (κ2) is 8.26. The van der Waals surface area contributed by atoms with E-state index in [1.165, 1.54) is 24.3 Å². The maximum absolute atomic E-state index is 12.7. The number of benzene rings is 2. The Morgan fingerprint density at radius 1 is 1.14 bits per heavy atom. The molecule has 7 nitrogen and oxygen atoms in total. The van der Waals surface area contributed by atoms with E-state index in [1.807, 2.05) is 30.3 Å². The highest BCUT2D eigenvalue weighted by molar-refractivity contribution is 7.92. The quantitative estimate of drug-likeness (QED) is 0.636. The molecule has 1 N–H and O–H groups in total. The molecule has 0 saturated heterocycles. The number of nitrogens with one attached hydrogen (secondary N) is 1. The minimum Gasteiger partial charge on any atom is -0.299 e. The second-order valence-corrected chi connectivity index (χ2v) is 9.26. The average molecular weight is 437 g/mol. The zero-order valence-corrected chi connectivity index (χ0v) is 17.4. The van der Waals surface area contributed by atoms with Crippen LogP contribution in [-0.4, -0.2) is 36.8 Å². The third-order valence-corrected chi connectivity index (χ3v) is 6.19. The first-order chi connectivity index (χ1) is 13.3. The molecule has 10 heteroatoms. The van der Waals surface area contributed by atoms with E-state index in [1.54, 1.807) is 18.2 Å². The highest BCUT2D eigenvalue weighted by Gasteiger charge is 2.30. The van der Waals surface area contributed by atoms with Gasteiger partial charge >= 0.3 is 0 Å². The van der Waals surface area contributed by atoms with Gasteiger partial charge in [0.2, 0.25) is 21.1 Å². The molecule has 1 atom stereocenters. The van der Waals surface area contributed by atoms with Crippen LogP contribution in [0.25, 0.3) is 10.6 Å². The molecule has 1 aromatic heterocycles. The van der Waals surface area contributed by atoms with Crippen molar-refractivity contribution in [2.24, 2.45) is 0 Å². The number of halogens is 1. The van der Waals surface area contributed by atoms with Gasteiger partial charge < -0.3 is 0 Å². The number of carbonyl (C=O) groups is 1. The Labute approximate surface area is 172 Å². The van der Waals surface area contributed by atoms with Crippen molar-refractivity contribution in [1.82, 2.24) is 10.2 Å². The van der Waals surface area contributed by atoms with Crippen LogP contribution in [0, 0.1) is 0 Å². The van der Waals surface area contributed by atoms with Crippen molar-refractivity contribution in [2.45, 2.75) is 13.0 Å². The van der Waals surface area contributed by atoms with Gasteiger partial charge in [0.05, 0.1) is 11.9 Å². The number of aromatic nitrogens is 2. The Balaban J connectivity index is 1.82. The molecule has 28 heavy (non-hydrogen) atoms. The van der Waals surface area contributed by atoms with Crippen molar-refractivity contribution in [3.05, 3.63) is 59.6 Å². The molecule has 0 aliphatic heterocycles. The van der Waals surface area contributed by atoms with Gasteiger partial charge in [-0.1, -0.05) is 59.3 Å². The minimum atomic E-state index is -3.73. The number of carbonyl (C=O) groups excluding carboxylic acids is 1. The van der Waals surface area contributed by atoms with Crippen LogP contribution >= 0.6 is 22.9 Å². The van der Waals surface area contributed by atoms with E-state index >= 15 is 0 Å². The van der Waals surface area contributed by atoms with E-state index in [9.17, 15) is 13.2 Å². The summed E-state index contributed by atoms with van der Waals surface area (Å²) in [5.41, 5.74) is 1.19. The van der Waals surface area contributed by atoms with Crippen molar-refractivity contribution in [3.63, 3.8) is 0 Å². The number of amides is 1. The van der Waals surface area contributed by atoms with Gasteiger partial charge in [-0.05, 0) is 25.1 Å². The van der Waals surface area contributed by atoms with Crippen LogP contribution in [0.3, 0.4) is 0 Å². The topological polar surface area (TPSA) is 92.3 Å². The molecule has 3 aromatic rings. The van der Waals surface area contributed by atoms with Gasteiger partial charge in [-0.15, -0.1) is 10.2 Å². The molecule has 1 unspecified atom stereocenters. The number of hydrogen-bond acceptors (Lipinski definition) is 6. The van der Waals surface area contributed by atoms with Gasteiger partial charge in [0.15, 0.2) is 0 Å². The molecule has 1 amide bonds. The van der Waals surface area contributed by atoms with Gasteiger partial charge in [0.1, 0.15) is 11.0 Å². The molecular weight excluding hydrogens is 420 g/mol. The number of nitrogens with zero attached hydrogens (tertiary/aromatic N) is 3. The summed E-state index contributed by atoms with van der Waals surface area (Å²) in [4.78, 5) is 12.7. The minimum absolute atomic E-state index is 0.287. The standard InChI is InChI=1S/C18H17ClN4O3S2/c1-12(23(28(2,25)26)15-10-6-9-14(19)11-15)16(24)20-18-22-21-17(27-18)13-7-4-3-5-8-13/h3-12H,1-2H3,(H,20,22,24). The van der Waals surface area contributed by atoms with Gasteiger partial charge in [0, 0.05) is 10.6 Å². The first-order valence-corrected chi connectivity index (χ1v) is 11.2. The molecule has 2 aromatic carbocycles. The summed E-state index contributed by atoms with van der Waals surface area (Å²) in [6.07, 6.45) is 1.04. The molecule has 0 fully saturated rings. The van der Waals surface area contributed by atoms with Crippen molar-refractivity contribution in [3.8, 4) is 10.6 Å². The first-order valence-electron chi connectivity index (χ1n) is 8.20.